The first-order valence-electron chi connectivity index (χ1n) is 9.39. The Morgan fingerprint density at radius 2 is 1.74 bits per heavy atom. The van der Waals surface area contributed by atoms with Crippen LogP contribution < -0.4 is 5.32 Å². The van der Waals surface area contributed by atoms with E-state index in [0.717, 1.165) is 43.4 Å². The van der Waals surface area contributed by atoms with E-state index in [-0.39, 0.29) is 38.2 Å². The Labute approximate surface area is 192 Å². The summed E-state index contributed by atoms with van der Waals surface area (Å²) in [4.78, 5) is 11.0. The summed E-state index contributed by atoms with van der Waals surface area (Å²) in [6.07, 6.45) is 0.0589. The number of aldehydes is 1. The second-order valence-corrected chi connectivity index (χ2v) is 8.80. The van der Waals surface area contributed by atoms with Crippen molar-refractivity contribution >= 4 is 47.2 Å². The van der Waals surface area contributed by atoms with Crippen LogP contribution >= 0.6 is 34.8 Å². The molecule has 3 rings (SSSR count). The van der Waals surface area contributed by atoms with Gasteiger partial charge in [-0.15, -0.1) is 0 Å². The van der Waals surface area contributed by atoms with Gasteiger partial charge in [0.15, 0.2) is 0 Å². The Morgan fingerprint density at radius 3 is 2.26 bits per heavy atom. The van der Waals surface area contributed by atoms with Gasteiger partial charge in [-0.25, -0.2) is 4.39 Å². The van der Waals surface area contributed by atoms with E-state index in [2.05, 4.69) is 5.32 Å². The molecule has 166 valence electrons. The molecule has 1 unspecified atom stereocenters. The number of alkyl halides is 3. The van der Waals surface area contributed by atoms with E-state index < -0.39 is 17.9 Å². The summed E-state index contributed by atoms with van der Waals surface area (Å²) in [5.41, 5.74) is 0.128. The SMILES string of the molecule is O=CC1(CNCc2ccc(/C=C/C(c3cc(Cl)c(Cl)c(Cl)c3)C(F)(F)F)cc2F)CC1. The molecule has 2 aromatic carbocycles. The van der Waals surface area contributed by atoms with Crippen LogP contribution in [-0.2, 0) is 11.3 Å². The molecule has 0 saturated heterocycles. The fraction of sp³-hybridized carbons (Fsp3) is 0.318. The zero-order valence-electron chi connectivity index (χ0n) is 16.1. The van der Waals surface area contributed by atoms with Crippen LogP contribution in [0.25, 0.3) is 6.08 Å². The molecule has 31 heavy (non-hydrogen) atoms. The van der Waals surface area contributed by atoms with E-state index in [1.165, 1.54) is 18.2 Å². The van der Waals surface area contributed by atoms with Crippen molar-refractivity contribution in [1.29, 1.82) is 0 Å². The predicted octanol–water partition coefficient (Wildman–Crippen LogP) is 7.21. The molecule has 0 heterocycles. The zero-order chi connectivity index (χ0) is 22.8. The number of hydrogen-bond donors (Lipinski definition) is 1. The van der Waals surface area contributed by atoms with Gasteiger partial charge in [0.05, 0.1) is 21.0 Å². The molecule has 1 saturated carbocycles. The molecule has 1 N–H and O–H groups in total. The molecular weight excluding hydrogens is 477 g/mol. The second-order valence-electron chi connectivity index (χ2n) is 7.61. The normalized spacial score (nSPS) is 16.5. The number of carbonyl (C=O) groups is 1. The van der Waals surface area contributed by atoms with E-state index in [1.54, 1.807) is 0 Å². The highest BCUT2D eigenvalue weighted by Crippen LogP contribution is 2.43. The van der Waals surface area contributed by atoms with Crippen LogP contribution in [0.3, 0.4) is 0 Å². The standard InChI is InChI=1S/C22H18Cl3F4NO/c23-17-8-15(9-18(24)20(17)25)16(22(27,28)29)4-2-13-1-3-14(19(26)7-13)10-30-11-21(12-31)5-6-21/h1-4,7-9,12,16,30H,5-6,10-11H2/b4-2+. The van der Waals surface area contributed by atoms with Crippen molar-refractivity contribution in [1.82, 2.24) is 5.32 Å². The monoisotopic (exact) mass is 493 g/mol. The number of benzene rings is 2. The lowest BCUT2D eigenvalue weighted by molar-refractivity contribution is -0.139. The first-order chi connectivity index (χ1) is 14.5. The highest BCUT2D eigenvalue weighted by molar-refractivity contribution is 6.48. The molecule has 2 aromatic rings. The minimum atomic E-state index is -4.61. The largest absolute Gasteiger partial charge is 0.399 e. The quantitative estimate of drug-likeness (QED) is 0.239. The molecule has 0 aromatic heterocycles. The van der Waals surface area contributed by atoms with Gasteiger partial charge in [0.1, 0.15) is 12.1 Å². The summed E-state index contributed by atoms with van der Waals surface area (Å²) in [6, 6.07) is 6.41. The highest BCUT2D eigenvalue weighted by atomic mass is 35.5. The summed E-state index contributed by atoms with van der Waals surface area (Å²) >= 11 is 17.6. The van der Waals surface area contributed by atoms with Gasteiger partial charge in [0, 0.05) is 24.1 Å². The summed E-state index contributed by atoms with van der Waals surface area (Å²) in [5, 5.41) is 2.85. The number of rotatable bonds is 8. The first kappa shape index (κ1) is 24.1. The fourth-order valence-electron chi connectivity index (χ4n) is 3.12. The van der Waals surface area contributed by atoms with Gasteiger partial charge in [0.2, 0.25) is 0 Å². The lowest BCUT2D eigenvalue weighted by Gasteiger charge is -2.18. The second kappa shape index (κ2) is 9.49. The van der Waals surface area contributed by atoms with Crippen molar-refractivity contribution < 1.29 is 22.4 Å². The number of carbonyl (C=O) groups excluding carboxylic acids is 1. The molecule has 0 spiro atoms. The van der Waals surface area contributed by atoms with Crippen LogP contribution in [0.5, 0.6) is 0 Å². The zero-order valence-corrected chi connectivity index (χ0v) is 18.3. The third-order valence-electron chi connectivity index (χ3n) is 5.21. The van der Waals surface area contributed by atoms with Gasteiger partial charge in [0.25, 0.3) is 0 Å². The smallest absolute Gasteiger partial charge is 0.312 e. The Hall–Kier alpha value is -1.60. The Bertz CT molecular complexity index is 980. The molecule has 0 radical (unpaired) electrons. The molecule has 0 amide bonds. The minimum Gasteiger partial charge on any atom is -0.312 e. The third kappa shape index (κ3) is 6.01. The number of halogens is 7. The molecule has 0 aliphatic heterocycles. The van der Waals surface area contributed by atoms with E-state index >= 15 is 0 Å². The Kier molecular flexibility index (Phi) is 7.36. The van der Waals surface area contributed by atoms with Gasteiger partial charge in [-0.3, -0.25) is 0 Å². The van der Waals surface area contributed by atoms with E-state index in [0.29, 0.717) is 12.1 Å². The summed E-state index contributed by atoms with van der Waals surface area (Å²) in [5.74, 6) is -2.55. The molecule has 0 bridgehead atoms. The molecular formula is C22H18Cl3F4NO. The summed E-state index contributed by atoms with van der Waals surface area (Å²) in [7, 11) is 0. The summed E-state index contributed by atoms with van der Waals surface area (Å²) < 4.78 is 55.2. The minimum absolute atomic E-state index is 0.0241. The van der Waals surface area contributed by atoms with E-state index in [4.69, 9.17) is 34.8 Å². The van der Waals surface area contributed by atoms with Crippen molar-refractivity contribution in [3.63, 3.8) is 0 Å². The number of nitrogens with one attached hydrogen (secondary N) is 1. The maximum absolute atomic E-state index is 14.4. The molecule has 2 nitrogen and oxygen atoms in total. The average molecular weight is 495 g/mol. The van der Waals surface area contributed by atoms with Crippen LogP contribution in [0.2, 0.25) is 15.1 Å². The van der Waals surface area contributed by atoms with Gasteiger partial charge in [-0.2, -0.15) is 13.2 Å². The molecule has 1 fully saturated rings. The van der Waals surface area contributed by atoms with Crippen LogP contribution in [0.4, 0.5) is 17.6 Å². The van der Waals surface area contributed by atoms with E-state index in [9.17, 15) is 22.4 Å². The van der Waals surface area contributed by atoms with Crippen LogP contribution in [0.1, 0.15) is 35.4 Å². The Balaban J connectivity index is 1.75. The molecule has 1 atom stereocenters. The molecule has 9 heteroatoms. The Morgan fingerprint density at radius 1 is 1.10 bits per heavy atom. The number of hydrogen-bond acceptors (Lipinski definition) is 2. The van der Waals surface area contributed by atoms with Crippen molar-refractivity contribution in [2.45, 2.75) is 31.5 Å². The van der Waals surface area contributed by atoms with Gasteiger partial charge < -0.3 is 10.1 Å². The van der Waals surface area contributed by atoms with Crippen molar-refractivity contribution in [3.8, 4) is 0 Å². The van der Waals surface area contributed by atoms with Gasteiger partial charge in [-0.1, -0.05) is 59.1 Å². The third-order valence-corrected chi connectivity index (χ3v) is 6.41. The lowest BCUT2D eigenvalue weighted by Crippen LogP contribution is -2.24. The predicted molar refractivity (Wildman–Crippen MR) is 115 cm³/mol. The fourth-order valence-corrected chi connectivity index (χ4v) is 3.74. The van der Waals surface area contributed by atoms with Crippen molar-refractivity contribution in [3.05, 3.63) is 74.0 Å². The highest BCUT2D eigenvalue weighted by Gasteiger charge is 2.42. The first-order valence-corrected chi connectivity index (χ1v) is 10.5. The molecule has 1 aliphatic carbocycles. The lowest BCUT2D eigenvalue weighted by atomic mass is 9.97. The average Bonchev–Trinajstić information content (AvgIpc) is 3.47. The van der Waals surface area contributed by atoms with Crippen LogP contribution in [0.15, 0.2) is 36.4 Å². The van der Waals surface area contributed by atoms with Crippen LogP contribution in [-0.4, -0.2) is 19.0 Å². The molecule has 1 aliphatic rings. The maximum Gasteiger partial charge on any atom is 0.399 e. The van der Waals surface area contributed by atoms with E-state index in [1.807, 2.05) is 0 Å². The van der Waals surface area contributed by atoms with Gasteiger partial charge >= 0.3 is 6.18 Å². The summed E-state index contributed by atoms with van der Waals surface area (Å²) in [6.45, 7) is 0.690. The van der Waals surface area contributed by atoms with Gasteiger partial charge in [-0.05, 0) is 42.2 Å². The topological polar surface area (TPSA) is 29.1 Å². The van der Waals surface area contributed by atoms with Crippen molar-refractivity contribution in [2.75, 3.05) is 6.54 Å². The van der Waals surface area contributed by atoms with Crippen LogP contribution in [0, 0.1) is 11.2 Å². The van der Waals surface area contributed by atoms with Crippen molar-refractivity contribution in [2.24, 2.45) is 5.41 Å². The number of allylic oxidation sites excluding steroid dienone is 1. The maximum atomic E-state index is 14.4.